The van der Waals surface area contributed by atoms with E-state index in [-0.39, 0.29) is 12.5 Å². The first-order valence-electron chi connectivity index (χ1n) is 8.99. The van der Waals surface area contributed by atoms with E-state index in [1.54, 1.807) is 12.1 Å². The SMILES string of the molecule is C=N/N=C(\OCC(F)F)c1ccc(CCCN2CCCC(CO)C2)cc1. The second-order valence-electron chi connectivity index (χ2n) is 6.54. The van der Waals surface area contributed by atoms with Crippen molar-refractivity contribution in [2.45, 2.75) is 32.1 Å². The van der Waals surface area contributed by atoms with Crippen molar-refractivity contribution in [1.29, 1.82) is 0 Å². The van der Waals surface area contributed by atoms with Gasteiger partial charge < -0.3 is 14.7 Å². The summed E-state index contributed by atoms with van der Waals surface area (Å²) in [5, 5.41) is 16.3. The van der Waals surface area contributed by atoms with Crippen LogP contribution in [0.4, 0.5) is 8.78 Å². The topological polar surface area (TPSA) is 57.4 Å². The molecule has 2 rings (SSSR count). The molecule has 0 spiro atoms. The van der Waals surface area contributed by atoms with E-state index in [0.29, 0.717) is 11.5 Å². The monoisotopic (exact) mass is 367 g/mol. The number of rotatable bonds is 9. The summed E-state index contributed by atoms with van der Waals surface area (Å²) in [7, 11) is 0. The maximum absolute atomic E-state index is 12.3. The van der Waals surface area contributed by atoms with Crippen molar-refractivity contribution in [2.24, 2.45) is 16.1 Å². The standard InChI is InChI=1S/C19H27F2N3O2/c1-22-23-19(26-14-18(20)21)17-8-6-15(7-9-17)4-2-10-24-11-3-5-16(12-24)13-25/h6-9,16,18,25H,1-5,10-14H2/b23-19-. The van der Waals surface area contributed by atoms with Gasteiger partial charge in [0.05, 0.1) is 0 Å². The number of hydrogen-bond acceptors (Lipinski definition) is 5. The number of aliphatic hydroxyl groups is 1. The fourth-order valence-electron chi connectivity index (χ4n) is 3.20. The third kappa shape index (κ3) is 6.80. The number of halogens is 2. The molecule has 5 nitrogen and oxygen atoms in total. The molecular weight excluding hydrogens is 340 g/mol. The van der Waals surface area contributed by atoms with Crippen LogP contribution in [0.15, 0.2) is 34.5 Å². The van der Waals surface area contributed by atoms with Gasteiger partial charge in [0, 0.05) is 25.4 Å². The summed E-state index contributed by atoms with van der Waals surface area (Å²) in [6, 6.07) is 7.50. The Morgan fingerprint density at radius 1 is 1.35 bits per heavy atom. The van der Waals surface area contributed by atoms with Gasteiger partial charge in [-0.3, -0.25) is 0 Å². The van der Waals surface area contributed by atoms with Crippen LogP contribution in [0, 0.1) is 5.92 Å². The zero-order valence-electron chi connectivity index (χ0n) is 15.0. The summed E-state index contributed by atoms with van der Waals surface area (Å²) in [6.45, 7) is 5.89. The van der Waals surface area contributed by atoms with Gasteiger partial charge in [0.15, 0.2) is 6.61 Å². The number of nitrogens with zero attached hydrogens (tertiary/aromatic N) is 3. The van der Waals surface area contributed by atoms with Crippen molar-refractivity contribution >= 4 is 12.6 Å². The van der Waals surface area contributed by atoms with E-state index in [2.05, 4.69) is 21.8 Å². The smallest absolute Gasteiger partial charge is 0.272 e. The molecule has 1 heterocycles. The van der Waals surface area contributed by atoms with Crippen LogP contribution in [0.2, 0.25) is 0 Å². The number of ether oxygens (including phenoxy) is 1. The number of alkyl halides is 2. The van der Waals surface area contributed by atoms with Crippen molar-refractivity contribution < 1.29 is 18.6 Å². The molecule has 1 aliphatic heterocycles. The molecule has 1 atom stereocenters. The quantitative estimate of drug-likeness (QED) is 0.415. The number of likely N-dealkylation sites (tertiary alicyclic amines) is 1. The van der Waals surface area contributed by atoms with Gasteiger partial charge in [0.1, 0.15) is 0 Å². The van der Waals surface area contributed by atoms with Crippen molar-refractivity contribution in [3.63, 3.8) is 0 Å². The molecule has 7 heteroatoms. The molecule has 1 aliphatic rings. The lowest BCUT2D eigenvalue weighted by Crippen LogP contribution is -2.37. The zero-order valence-corrected chi connectivity index (χ0v) is 15.0. The molecule has 1 aromatic rings. The second-order valence-corrected chi connectivity index (χ2v) is 6.54. The minimum atomic E-state index is -2.57. The van der Waals surface area contributed by atoms with Crippen LogP contribution in [-0.2, 0) is 11.2 Å². The van der Waals surface area contributed by atoms with Crippen LogP contribution in [0.5, 0.6) is 0 Å². The molecule has 1 fully saturated rings. The largest absolute Gasteiger partial charge is 0.470 e. The Labute approximate surface area is 153 Å². The number of piperidine rings is 1. The third-order valence-corrected chi connectivity index (χ3v) is 4.51. The predicted molar refractivity (Wildman–Crippen MR) is 99.1 cm³/mol. The van der Waals surface area contributed by atoms with E-state index >= 15 is 0 Å². The van der Waals surface area contributed by atoms with Crippen LogP contribution in [-0.4, -0.2) is 61.9 Å². The molecule has 0 radical (unpaired) electrons. The second kappa shape index (κ2) is 11.0. The zero-order chi connectivity index (χ0) is 18.8. The van der Waals surface area contributed by atoms with Crippen LogP contribution in [0.3, 0.4) is 0 Å². The number of hydrogen-bond donors (Lipinski definition) is 1. The fourth-order valence-corrected chi connectivity index (χ4v) is 3.20. The Morgan fingerprint density at radius 2 is 2.12 bits per heavy atom. The molecule has 0 bridgehead atoms. The number of benzene rings is 1. The Kier molecular flexibility index (Phi) is 8.64. The Hall–Kier alpha value is -1.86. The van der Waals surface area contributed by atoms with Crippen LogP contribution in [0.25, 0.3) is 0 Å². The first-order valence-corrected chi connectivity index (χ1v) is 8.99. The average Bonchev–Trinajstić information content (AvgIpc) is 2.66. The minimum absolute atomic E-state index is 0.0511. The molecule has 1 N–H and O–H groups in total. The van der Waals surface area contributed by atoms with Gasteiger partial charge in [-0.2, -0.15) is 5.10 Å². The summed E-state index contributed by atoms with van der Waals surface area (Å²) >= 11 is 0. The highest BCUT2D eigenvalue weighted by atomic mass is 19.3. The van der Waals surface area contributed by atoms with Crippen LogP contribution < -0.4 is 0 Å². The Balaban J connectivity index is 1.82. The maximum Gasteiger partial charge on any atom is 0.272 e. The van der Waals surface area contributed by atoms with Gasteiger partial charge in [0.25, 0.3) is 6.43 Å². The van der Waals surface area contributed by atoms with E-state index in [4.69, 9.17) is 4.74 Å². The first kappa shape index (κ1) is 20.5. The van der Waals surface area contributed by atoms with Crippen LogP contribution >= 0.6 is 0 Å². The minimum Gasteiger partial charge on any atom is -0.470 e. The van der Waals surface area contributed by atoms with E-state index in [9.17, 15) is 13.9 Å². The van der Waals surface area contributed by atoms with Gasteiger partial charge in [-0.05, 0) is 62.4 Å². The Morgan fingerprint density at radius 3 is 2.77 bits per heavy atom. The molecule has 1 unspecified atom stereocenters. The summed E-state index contributed by atoms with van der Waals surface area (Å²) < 4.78 is 29.6. The lowest BCUT2D eigenvalue weighted by Gasteiger charge is -2.31. The van der Waals surface area contributed by atoms with Crippen molar-refractivity contribution in [3.05, 3.63) is 35.4 Å². The average molecular weight is 367 g/mol. The molecule has 26 heavy (non-hydrogen) atoms. The summed E-state index contributed by atoms with van der Waals surface area (Å²) in [5.74, 6) is 0.461. The van der Waals surface area contributed by atoms with Gasteiger partial charge in [-0.15, -0.1) is 5.10 Å². The van der Waals surface area contributed by atoms with E-state index in [0.717, 1.165) is 45.3 Å². The number of aliphatic hydroxyl groups excluding tert-OH is 1. The highest BCUT2D eigenvalue weighted by Gasteiger charge is 2.18. The van der Waals surface area contributed by atoms with Crippen molar-refractivity contribution in [1.82, 2.24) is 4.90 Å². The molecule has 0 aromatic heterocycles. The normalized spacial score (nSPS) is 18.9. The van der Waals surface area contributed by atoms with E-state index < -0.39 is 13.0 Å². The molecule has 0 saturated carbocycles. The lowest BCUT2D eigenvalue weighted by atomic mass is 9.98. The molecule has 144 valence electrons. The number of aryl methyl sites for hydroxylation is 1. The summed E-state index contributed by atoms with van der Waals surface area (Å²) in [5.41, 5.74) is 1.77. The summed E-state index contributed by atoms with van der Waals surface area (Å²) in [6.07, 6.45) is 1.67. The van der Waals surface area contributed by atoms with Gasteiger partial charge in [-0.1, -0.05) is 12.1 Å². The van der Waals surface area contributed by atoms with Crippen LogP contribution in [0.1, 0.15) is 30.4 Å². The lowest BCUT2D eigenvalue weighted by molar-refractivity contribution is 0.0765. The molecule has 0 aliphatic carbocycles. The third-order valence-electron chi connectivity index (χ3n) is 4.51. The first-order chi connectivity index (χ1) is 12.6. The fraction of sp³-hybridized carbons (Fsp3) is 0.579. The highest BCUT2D eigenvalue weighted by molar-refractivity contribution is 5.94. The maximum atomic E-state index is 12.3. The van der Waals surface area contributed by atoms with Crippen molar-refractivity contribution in [2.75, 3.05) is 32.8 Å². The van der Waals surface area contributed by atoms with E-state index in [1.165, 1.54) is 5.56 Å². The highest BCUT2D eigenvalue weighted by Crippen LogP contribution is 2.16. The van der Waals surface area contributed by atoms with Gasteiger partial charge in [0.2, 0.25) is 5.90 Å². The Bertz CT molecular complexity index is 579. The molecule has 0 amide bonds. The molecule has 1 aromatic carbocycles. The predicted octanol–water partition coefficient (Wildman–Crippen LogP) is 2.97. The van der Waals surface area contributed by atoms with E-state index in [1.807, 2.05) is 12.1 Å². The van der Waals surface area contributed by atoms with Crippen molar-refractivity contribution in [3.8, 4) is 0 Å². The molecular formula is C19H27F2N3O2. The molecule has 1 saturated heterocycles. The van der Waals surface area contributed by atoms with Gasteiger partial charge in [-0.25, -0.2) is 8.78 Å². The van der Waals surface area contributed by atoms with Gasteiger partial charge >= 0.3 is 0 Å². The summed E-state index contributed by atoms with van der Waals surface area (Å²) in [4.78, 5) is 2.41.